The van der Waals surface area contributed by atoms with Crippen molar-refractivity contribution in [3.8, 4) is 5.75 Å². The number of rotatable bonds is 5. The Kier molecular flexibility index (Phi) is 4.41. The molecule has 1 saturated heterocycles. The topological polar surface area (TPSA) is 26.3 Å². The maximum absolute atomic E-state index is 12.0. The number of hydrogen-bond donors (Lipinski definition) is 0. The third-order valence-corrected chi connectivity index (χ3v) is 4.49. The predicted octanol–water partition coefficient (Wildman–Crippen LogP) is 4.08. The molecule has 0 unspecified atom stereocenters. The van der Waals surface area contributed by atoms with Gasteiger partial charge >= 0.3 is 0 Å². The molecule has 1 heterocycles. The van der Waals surface area contributed by atoms with Crippen molar-refractivity contribution in [1.82, 2.24) is 0 Å². The molecule has 0 bridgehead atoms. The van der Waals surface area contributed by atoms with Gasteiger partial charge in [-0.25, -0.2) is 0 Å². The molecule has 1 fully saturated rings. The number of thioether (sulfide) groups is 1. The summed E-state index contributed by atoms with van der Waals surface area (Å²) in [6, 6.07) is 17.1. The summed E-state index contributed by atoms with van der Waals surface area (Å²) in [4.78, 5) is 12.0. The van der Waals surface area contributed by atoms with Crippen molar-refractivity contribution in [2.24, 2.45) is 0 Å². The van der Waals surface area contributed by atoms with Crippen molar-refractivity contribution < 1.29 is 9.53 Å². The number of carbonyl (C=O) groups excluding carboxylic acids is 1. The van der Waals surface area contributed by atoms with Gasteiger partial charge in [0.25, 0.3) is 0 Å². The van der Waals surface area contributed by atoms with Crippen LogP contribution in [0.15, 0.2) is 60.7 Å². The summed E-state index contributed by atoms with van der Waals surface area (Å²) in [5.74, 6) is 3.06. The molecule has 3 heteroatoms. The van der Waals surface area contributed by atoms with E-state index in [0.29, 0.717) is 11.7 Å². The van der Waals surface area contributed by atoms with Gasteiger partial charge in [-0.05, 0) is 23.8 Å². The van der Waals surface area contributed by atoms with E-state index in [1.54, 1.807) is 6.08 Å². The van der Waals surface area contributed by atoms with Crippen LogP contribution in [0.4, 0.5) is 0 Å². The van der Waals surface area contributed by atoms with Crippen molar-refractivity contribution in [3.63, 3.8) is 0 Å². The molecule has 0 aliphatic carbocycles. The summed E-state index contributed by atoms with van der Waals surface area (Å²) < 4.78 is 5.79. The predicted molar refractivity (Wildman–Crippen MR) is 88.0 cm³/mol. The highest BCUT2D eigenvalue weighted by atomic mass is 32.2. The van der Waals surface area contributed by atoms with Crippen LogP contribution in [0.2, 0.25) is 0 Å². The van der Waals surface area contributed by atoms with E-state index >= 15 is 0 Å². The molecular formula is C18H16O2S. The third kappa shape index (κ3) is 3.76. The first-order valence-electron chi connectivity index (χ1n) is 6.93. The molecule has 1 aliphatic heterocycles. The van der Waals surface area contributed by atoms with Crippen molar-refractivity contribution in [1.29, 1.82) is 0 Å². The van der Waals surface area contributed by atoms with Gasteiger partial charge in [0, 0.05) is 17.1 Å². The summed E-state index contributed by atoms with van der Waals surface area (Å²) in [5.41, 5.74) is 1.70. The molecule has 106 valence electrons. The Labute approximate surface area is 128 Å². The van der Waals surface area contributed by atoms with E-state index < -0.39 is 0 Å². The van der Waals surface area contributed by atoms with E-state index in [-0.39, 0.29) is 5.78 Å². The van der Waals surface area contributed by atoms with Crippen molar-refractivity contribution >= 4 is 23.6 Å². The van der Waals surface area contributed by atoms with Crippen LogP contribution in [0.5, 0.6) is 5.75 Å². The Morgan fingerprint density at radius 2 is 1.76 bits per heavy atom. The first kappa shape index (κ1) is 14.0. The lowest BCUT2D eigenvalue weighted by Gasteiger charge is -2.25. The van der Waals surface area contributed by atoms with Gasteiger partial charge in [0.1, 0.15) is 11.9 Å². The summed E-state index contributed by atoms with van der Waals surface area (Å²) >= 11 is 1.90. The second-order valence-electron chi connectivity index (χ2n) is 4.91. The molecule has 0 aromatic heterocycles. The Hall–Kier alpha value is -2.00. The number of carbonyl (C=O) groups is 1. The molecule has 3 rings (SSSR count). The van der Waals surface area contributed by atoms with E-state index in [0.717, 1.165) is 22.8 Å². The Bertz CT molecular complexity index is 628. The quantitative estimate of drug-likeness (QED) is 0.614. The van der Waals surface area contributed by atoms with Gasteiger partial charge < -0.3 is 4.74 Å². The van der Waals surface area contributed by atoms with Crippen LogP contribution in [0.25, 0.3) is 6.08 Å². The fourth-order valence-corrected chi connectivity index (χ4v) is 2.57. The van der Waals surface area contributed by atoms with E-state index in [9.17, 15) is 4.79 Å². The van der Waals surface area contributed by atoms with Gasteiger partial charge in [0.2, 0.25) is 0 Å². The third-order valence-electron chi connectivity index (χ3n) is 3.28. The van der Waals surface area contributed by atoms with Gasteiger partial charge in [-0.1, -0.05) is 48.5 Å². The molecular weight excluding hydrogens is 280 g/mol. The molecule has 0 spiro atoms. The highest BCUT2D eigenvalue weighted by molar-refractivity contribution is 8.00. The molecule has 2 aromatic rings. The maximum atomic E-state index is 12.0. The zero-order chi connectivity index (χ0) is 14.5. The van der Waals surface area contributed by atoms with E-state index in [1.807, 2.05) is 72.4 Å². The first-order chi connectivity index (χ1) is 10.3. The smallest absolute Gasteiger partial charge is 0.185 e. The highest BCUT2D eigenvalue weighted by Crippen LogP contribution is 2.24. The first-order valence-corrected chi connectivity index (χ1v) is 8.09. The number of ketones is 1. The molecule has 0 amide bonds. The van der Waals surface area contributed by atoms with Gasteiger partial charge in [0.05, 0.1) is 0 Å². The lowest BCUT2D eigenvalue weighted by molar-refractivity contribution is 0.104. The van der Waals surface area contributed by atoms with E-state index in [4.69, 9.17) is 4.74 Å². The van der Waals surface area contributed by atoms with Crippen LogP contribution in [-0.4, -0.2) is 23.4 Å². The fourth-order valence-electron chi connectivity index (χ4n) is 2.00. The Morgan fingerprint density at radius 3 is 2.38 bits per heavy atom. The molecule has 21 heavy (non-hydrogen) atoms. The van der Waals surface area contributed by atoms with Gasteiger partial charge in [0.15, 0.2) is 5.78 Å². The van der Waals surface area contributed by atoms with Crippen molar-refractivity contribution in [2.75, 3.05) is 11.5 Å². The van der Waals surface area contributed by atoms with E-state index in [1.165, 1.54) is 0 Å². The van der Waals surface area contributed by atoms with Crippen LogP contribution in [0.1, 0.15) is 15.9 Å². The minimum absolute atomic E-state index is 0.0161. The van der Waals surface area contributed by atoms with Crippen LogP contribution in [0, 0.1) is 0 Å². The van der Waals surface area contributed by atoms with Crippen LogP contribution in [-0.2, 0) is 0 Å². The monoisotopic (exact) mass is 296 g/mol. The highest BCUT2D eigenvalue weighted by Gasteiger charge is 2.19. The minimum atomic E-state index is 0.0161. The number of ether oxygens (including phenoxy) is 1. The fraction of sp³-hybridized carbons (Fsp3) is 0.167. The van der Waals surface area contributed by atoms with Crippen LogP contribution >= 0.6 is 11.8 Å². The minimum Gasteiger partial charge on any atom is -0.489 e. The lowest BCUT2D eigenvalue weighted by atomic mass is 10.1. The van der Waals surface area contributed by atoms with Gasteiger partial charge in [-0.2, -0.15) is 11.8 Å². The van der Waals surface area contributed by atoms with E-state index in [2.05, 4.69) is 0 Å². The van der Waals surface area contributed by atoms with Crippen molar-refractivity contribution in [3.05, 3.63) is 71.8 Å². The maximum Gasteiger partial charge on any atom is 0.185 e. The average molecular weight is 296 g/mol. The molecule has 1 aliphatic rings. The molecule has 0 N–H and O–H groups in total. The van der Waals surface area contributed by atoms with Gasteiger partial charge in [-0.15, -0.1) is 0 Å². The van der Waals surface area contributed by atoms with Crippen LogP contribution in [0.3, 0.4) is 0 Å². The molecule has 0 saturated carbocycles. The zero-order valence-corrected chi connectivity index (χ0v) is 12.4. The van der Waals surface area contributed by atoms with Gasteiger partial charge in [-0.3, -0.25) is 4.79 Å². The second-order valence-corrected chi connectivity index (χ2v) is 5.98. The Balaban J connectivity index is 1.61. The number of allylic oxidation sites excluding steroid dienone is 1. The molecule has 0 atom stereocenters. The average Bonchev–Trinajstić information content (AvgIpc) is 2.50. The second kappa shape index (κ2) is 6.64. The number of benzene rings is 2. The number of hydrogen-bond acceptors (Lipinski definition) is 3. The summed E-state index contributed by atoms with van der Waals surface area (Å²) in [5, 5.41) is 0. The summed E-state index contributed by atoms with van der Waals surface area (Å²) in [6.45, 7) is 0. The molecule has 2 aromatic carbocycles. The lowest BCUT2D eigenvalue weighted by Crippen LogP contribution is -2.30. The molecule has 0 radical (unpaired) electrons. The standard InChI is InChI=1S/C18H16O2S/c19-18(15-4-2-1-3-5-15)11-8-14-6-9-16(10-7-14)20-17-12-21-13-17/h1-11,17H,12-13H2. The largest absolute Gasteiger partial charge is 0.489 e. The molecule has 2 nitrogen and oxygen atoms in total. The summed E-state index contributed by atoms with van der Waals surface area (Å²) in [7, 11) is 0. The SMILES string of the molecule is O=C(C=Cc1ccc(OC2CSC2)cc1)c1ccccc1. The normalized spacial score (nSPS) is 14.9. The summed E-state index contributed by atoms with van der Waals surface area (Å²) in [6.07, 6.45) is 3.79. The zero-order valence-electron chi connectivity index (χ0n) is 11.6. The van der Waals surface area contributed by atoms with Crippen LogP contribution < -0.4 is 4.74 Å². The Morgan fingerprint density at radius 1 is 1.05 bits per heavy atom. The van der Waals surface area contributed by atoms with Crippen molar-refractivity contribution in [2.45, 2.75) is 6.10 Å².